The summed E-state index contributed by atoms with van der Waals surface area (Å²) in [6.07, 6.45) is 17.0. The van der Waals surface area contributed by atoms with Crippen LogP contribution >= 0.6 is 0 Å². The first kappa shape index (κ1) is 14.3. The molecule has 1 heterocycles. The third-order valence-corrected chi connectivity index (χ3v) is 3.57. The van der Waals surface area contributed by atoms with Crippen LogP contribution in [0.4, 0.5) is 0 Å². The van der Waals surface area contributed by atoms with Gasteiger partial charge in [-0.2, -0.15) is 0 Å². The van der Waals surface area contributed by atoms with E-state index in [0.717, 1.165) is 12.5 Å². The minimum absolute atomic E-state index is 0.829. The number of hydrogen-bond acceptors (Lipinski definition) is 1. The molecular formula is C15H28N2. The summed E-state index contributed by atoms with van der Waals surface area (Å²) in [5.41, 5.74) is 0. The number of nitrogens with zero attached hydrogens (tertiary/aromatic N) is 2. The molecule has 2 heteroatoms. The Bertz CT molecular complexity index is 254. The van der Waals surface area contributed by atoms with E-state index in [9.17, 15) is 0 Å². The molecule has 0 aliphatic heterocycles. The second kappa shape index (κ2) is 9.26. The van der Waals surface area contributed by atoms with Crippen molar-refractivity contribution >= 4 is 0 Å². The maximum atomic E-state index is 4.10. The molecule has 1 aromatic rings. The first-order chi connectivity index (χ1) is 8.36. The van der Waals surface area contributed by atoms with Crippen LogP contribution in [0.5, 0.6) is 0 Å². The van der Waals surface area contributed by atoms with E-state index in [4.69, 9.17) is 0 Å². The monoisotopic (exact) mass is 236 g/mol. The van der Waals surface area contributed by atoms with Crippen LogP contribution in [0.2, 0.25) is 0 Å². The molecule has 1 rings (SSSR count). The fraction of sp³-hybridized carbons (Fsp3) is 0.800. The number of hydrogen-bond donors (Lipinski definition) is 0. The summed E-state index contributed by atoms with van der Waals surface area (Å²) in [7, 11) is 0. The van der Waals surface area contributed by atoms with Crippen molar-refractivity contribution in [1.82, 2.24) is 9.55 Å². The molecule has 1 aromatic heterocycles. The molecule has 17 heavy (non-hydrogen) atoms. The van der Waals surface area contributed by atoms with Crippen LogP contribution < -0.4 is 0 Å². The van der Waals surface area contributed by atoms with Crippen molar-refractivity contribution in [2.24, 2.45) is 5.92 Å². The molecule has 0 N–H and O–H groups in total. The highest BCUT2D eigenvalue weighted by Gasteiger charge is 2.06. The van der Waals surface area contributed by atoms with E-state index in [-0.39, 0.29) is 0 Å². The van der Waals surface area contributed by atoms with E-state index in [2.05, 4.69) is 29.6 Å². The Morgan fingerprint density at radius 1 is 1.06 bits per heavy atom. The smallest absolute Gasteiger partial charge is 0.0945 e. The highest BCUT2D eigenvalue weighted by atomic mass is 15.0. The van der Waals surface area contributed by atoms with Crippen molar-refractivity contribution in [2.45, 2.75) is 71.8 Å². The molecule has 0 saturated carbocycles. The van der Waals surface area contributed by atoms with Gasteiger partial charge in [0.05, 0.1) is 6.33 Å². The van der Waals surface area contributed by atoms with Crippen LogP contribution in [-0.2, 0) is 6.54 Å². The molecule has 0 spiro atoms. The van der Waals surface area contributed by atoms with Gasteiger partial charge in [-0.25, -0.2) is 4.98 Å². The Morgan fingerprint density at radius 3 is 2.47 bits per heavy atom. The van der Waals surface area contributed by atoms with Gasteiger partial charge >= 0.3 is 0 Å². The molecular weight excluding hydrogens is 208 g/mol. The van der Waals surface area contributed by atoms with Gasteiger partial charge in [-0.05, 0) is 12.3 Å². The Balaban J connectivity index is 2.06. The van der Waals surface area contributed by atoms with Crippen molar-refractivity contribution in [3.63, 3.8) is 0 Å². The van der Waals surface area contributed by atoms with Crippen LogP contribution in [-0.4, -0.2) is 9.55 Å². The summed E-state index contributed by atoms with van der Waals surface area (Å²) in [4.78, 5) is 4.10. The molecule has 0 fully saturated rings. The highest BCUT2D eigenvalue weighted by molar-refractivity contribution is 4.75. The van der Waals surface area contributed by atoms with E-state index in [1.54, 1.807) is 0 Å². The molecule has 0 aliphatic carbocycles. The molecule has 1 atom stereocenters. The van der Waals surface area contributed by atoms with E-state index < -0.39 is 0 Å². The fourth-order valence-corrected chi connectivity index (χ4v) is 2.33. The molecule has 0 aromatic carbocycles. The minimum atomic E-state index is 0.829. The topological polar surface area (TPSA) is 17.8 Å². The average Bonchev–Trinajstić information content (AvgIpc) is 2.85. The van der Waals surface area contributed by atoms with Gasteiger partial charge in [-0.1, -0.05) is 58.8 Å². The van der Waals surface area contributed by atoms with Gasteiger partial charge in [0, 0.05) is 18.9 Å². The SMILES string of the molecule is CCCCCCCCC(CC)Cn1ccnc1. The standard InChI is InChI=1S/C15H28N2/c1-3-5-6-7-8-9-10-15(4-2)13-17-12-11-16-14-17/h11-12,14-15H,3-10,13H2,1-2H3. The zero-order valence-electron chi connectivity index (χ0n) is 11.6. The molecule has 98 valence electrons. The first-order valence-corrected chi connectivity index (χ1v) is 7.32. The van der Waals surface area contributed by atoms with Crippen LogP contribution in [0.25, 0.3) is 0 Å². The molecule has 2 nitrogen and oxygen atoms in total. The number of imidazole rings is 1. The highest BCUT2D eigenvalue weighted by Crippen LogP contribution is 2.16. The molecule has 1 unspecified atom stereocenters. The van der Waals surface area contributed by atoms with Crippen molar-refractivity contribution in [3.05, 3.63) is 18.7 Å². The summed E-state index contributed by atoms with van der Waals surface area (Å²) in [5.74, 6) is 0.829. The Kier molecular flexibility index (Phi) is 7.78. The van der Waals surface area contributed by atoms with Crippen molar-refractivity contribution < 1.29 is 0 Å². The third-order valence-electron chi connectivity index (χ3n) is 3.57. The first-order valence-electron chi connectivity index (χ1n) is 7.32. The number of aromatic nitrogens is 2. The lowest BCUT2D eigenvalue weighted by molar-refractivity contribution is 0.384. The molecule has 0 amide bonds. The Labute approximate surface area is 106 Å². The van der Waals surface area contributed by atoms with Crippen LogP contribution in [0.3, 0.4) is 0 Å². The predicted molar refractivity (Wildman–Crippen MR) is 74.0 cm³/mol. The van der Waals surface area contributed by atoms with Gasteiger partial charge in [0.1, 0.15) is 0 Å². The normalized spacial score (nSPS) is 12.8. The third kappa shape index (κ3) is 6.50. The summed E-state index contributed by atoms with van der Waals surface area (Å²) < 4.78 is 2.21. The van der Waals surface area contributed by atoms with Crippen LogP contribution in [0.1, 0.15) is 65.2 Å². The lowest BCUT2D eigenvalue weighted by Crippen LogP contribution is -2.08. The van der Waals surface area contributed by atoms with E-state index >= 15 is 0 Å². The van der Waals surface area contributed by atoms with Crippen molar-refractivity contribution in [2.75, 3.05) is 0 Å². The van der Waals surface area contributed by atoms with Crippen molar-refractivity contribution in [1.29, 1.82) is 0 Å². The second-order valence-corrected chi connectivity index (χ2v) is 5.09. The van der Waals surface area contributed by atoms with Gasteiger partial charge in [0.15, 0.2) is 0 Å². The molecule has 0 radical (unpaired) electrons. The number of unbranched alkanes of at least 4 members (excludes halogenated alkanes) is 5. The summed E-state index contributed by atoms with van der Waals surface area (Å²) in [6.45, 7) is 5.72. The predicted octanol–water partition coefficient (Wildman–Crippen LogP) is 4.66. The molecule has 0 aliphatic rings. The molecule has 0 saturated heterocycles. The fourth-order valence-electron chi connectivity index (χ4n) is 2.33. The van der Waals surface area contributed by atoms with Gasteiger partial charge in [0.2, 0.25) is 0 Å². The number of rotatable bonds is 10. The zero-order chi connectivity index (χ0) is 12.3. The zero-order valence-corrected chi connectivity index (χ0v) is 11.6. The quantitative estimate of drug-likeness (QED) is 0.540. The van der Waals surface area contributed by atoms with Gasteiger partial charge in [-0.3, -0.25) is 0 Å². The molecule has 0 bridgehead atoms. The lowest BCUT2D eigenvalue weighted by Gasteiger charge is -2.15. The van der Waals surface area contributed by atoms with E-state index in [1.165, 1.54) is 51.4 Å². The van der Waals surface area contributed by atoms with Gasteiger partial charge in [0.25, 0.3) is 0 Å². The second-order valence-electron chi connectivity index (χ2n) is 5.09. The van der Waals surface area contributed by atoms with E-state index in [0.29, 0.717) is 0 Å². The summed E-state index contributed by atoms with van der Waals surface area (Å²) >= 11 is 0. The van der Waals surface area contributed by atoms with E-state index in [1.807, 2.05) is 12.5 Å². The Hall–Kier alpha value is -0.790. The maximum Gasteiger partial charge on any atom is 0.0945 e. The van der Waals surface area contributed by atoms with Gasteiger partial charge in [-0.15, -0.1) is 0 Å². The Morgan fingerprint density at radius 2 is 1.82 bits per heavy atom. The average molecular weight is 236 g/mol. The summed E-state index contributed by atoms with van der Waals surface area (Å²) in [6, 6.07) is 0. The van der Waals surface area contributed by atoms with Crippen LogP contribution in [0.15, 0.2) is 18.7 Å². The lowest BCUT2D eigenvalue weighted by atomic mass is 9.98. The van der Waals surface area contributed by atoms with Crippen molar-refractivity contribution in [3.8, 4) is 0 Å². The summed E-state index contributed by atoms with van der Waals surface area (Å²) in [5, 5.41) is 0. The van der Waals surface area contributed by atoms with Crippen LogP contribution in [0, 0.1) is 5.92 Å². The van der Waals surface area contributed by atoms with Gasteiger partial charge < -0.3 is 4.57 Å². The largest absolute Gasteiger partial charge is 0.337 e. The minimum Gasteiger partial charge on any atom is -0.337 e. The maximum absolute atomic E-state index is 4.10.